The zero-order valence-electron chi connectivity index (χ0n) is 11.0. The Morgan fingerprint density at radius 1 is 1.43 bits per heavy atom. The molecule has 0 spiro atoms. The first-order valence-corrected chi connectivity index (χ1v) is 6.00. The molecule has 3 N–H and O–H groups in total. The minimum Gasteiger partial charge on any atom is -0.370 e. The lowest BCUT2D eigenvalue weighted by Gasteiger charge is -2.08. The zero-order chi connectivity index (χ0) is 15.7. The van der Waals surface area contributed by atoms with Gasteiger partial charge in [0.15, 0.2) is 0 Å². The zero-order valence-corrected chi connectivity index (χ0v) is 11.0. The lowest BCUT2D eigenvalue weighted by Crippen LogP contribution is -2.29. The summed E-state index contributed by atoms with van der Waals surface area (Å²) in [7, 11) is 0. The van der Waals surface area contributed by atoms with E-state index in [9.17, 15) is 18.0 Å². The molecule has 8 heteroatoms. The minimum atomic E-state index is -4.37. The Bertz CT molecular complexity index is 518. The maximum Gasteiger partial charge on any atom is 0.411 e. The van der Waals surface area contributed by atoms with Crippen LogP contribution in [-0.4, -0.2) is 43.4 Å². The molecule has 1 heterocycles. The predicted octanol–water partition coefficient (Wildman–Crippen LogP) is 0.700. The molecule has 0 saturated heterocycles. The highest BCUT2D eigenvalue weighted by molar-refractivity contribution is 5.92. The number of nitrogens with zero attached hydrogens (tertiary/aromatic N) is 1. The van der Waals surface area contributed by atoms with Crippen molar-refractivity contribution < 1.29 is 22.7 Å². The quantitative estimate of drug-likeness (QED) is 0.620. The van der Waals surface area contributed by atoms with Gasteiger partial charge in [-0.3, -0.25) is 4.79 Å². The average molecular weight is 301 g/mol. The van der Waals surface area contributed by atoms with Gasteiger partial charge in [0.2, 0.25) is 0 Å². The van der Waals surface area contributed by atoms with Crippen molar-refractivity contribution in [2.75, 3.05) is 26.3 Å². The summed E-state index contributed by atoms with van der Waals surface area (Å²) in [6, 6.07) is 3.07. The van der Waals surface area contributed by atoms with Crippen LogP contribution in [0.2, 0.25) is 0 Å². The molecule has 1 amide bonds. The molecule has 0 bridgehead atoms. The van der Waals surface area contributed by atoms with Crippen molar-refractivity contribution in [2.24, 2.45) is 5.73 Å². The Morgan fingerprint density at radius 2 is 2.19 bits per heavy atom. The third kappa shape index (κ3) is 7.29. The van der Waals surface area contributed by atoms with E-state index in [2.05, 4.69) is 26.9 Å². The Morgan fingerprint density at radius 3 is 2.76 bits per heavy atom. The van der Waals surface area contributed by atoms with Crippen LogP contribution in [0.4, 0.5) is 13.2 Å². The van der Waals surface area contributed by atoms with Crippen LogP contribution >= 0.6 is 0 Å². The number of hydrogen-bond donors (Lipinski definition) is 2. The number of hydrogen-bond acceptors (Lipinski definition) is 4. The molecule has 0 atom stereocenters. The first kappa shape index (κ1) is 16.9. The van der Waals surface area contributed by atoms with Crippen LogP contribution in [-0.2, 0) is 4.74 Å². The van der Waals surface area contributed by atoms with E-state index in [4.69, 9.17) is 5.73 Å². The molecule has 5 nitrogen and oxygen atoms in total. The van der Waals surface area contributed by atoms with E-state index in [1.54, 1.807) is 6.07 Å². The molecule has 114 valence electrons. The van der Waals surface area contributed by atoms with Gasteiger partial charge >= 0.3 is 6.18 Å². The number of carbonyl (C=O) groups excluding carboxylic acids is 1. The molecular formula is C13H14F3N3O2. The lowest BCUT2D eigenvalue weighted by atomic mass is 10.2. The normalized spacial score (nSPS) is 10.7. The van der Waals surface area contributed by atoms with Crippen LogP contribution in [0.5, 0.6) is 0 Å². The van der Waals surface area contributed by atoms with Crippen molar-refractivity contribution in [3.8, 4) is 11.8 Å². The number of halogens is 3. The Labute approximate surface area is 119 Å². The van der Waals surface area contributed by atoms with Gasteiger partial charge in [0.25, 0.3) is 5.91 Å². The minimum absolute atomic E-state index is 0.0364. The van der Waals surface area contributed by atoms with Crippen molar-refractivity contribution in [3.63, 3.8) is 0 Å². The second kappa shape index (κ2) is 8.24. The topological polar surface area (TPSA) is 77.2 Å². The fraction of sp³-hybridized carbons (Fsp3) is 0.385. The summed E-state index contributed by atoms with van der Waals surface area (Å²) in [5.41, 5.74) is 5.98. The van der Waals surface area contributed by atoms with E-state index < -0.39 is 18.7 Å². The van der Waals surface area contributed by atoms with Crippen molar-refractivity contribution >= 4 is 5.91 Å². The summed E-state index contributed by atoms with van der Waals surface area (Å²) in [4.78, 5) is 15.5. The van der Waals surface area contributed by atoms with Crippen LogP contribution in [0.1, 0.15) is 16.1 Å². The largest absolute Gasteiger partial charge is 0.411 e. The summed E-state index contributed by atoms with van der Waals surface area (Å²) in [6.45, 7) is -1.38. The molecule has 0 aliphatic rings. The number of nitrogens with two attached hydrogens (primary N) is 1. The number of rotatable bonds is 5. The standard InChI is InChI=1S/C13H14F3N3O2/c14-13(15,16)9-21-7-6-18-12(20)11-4-3-10(8-19-11)2-1-5-17/h3-4,8H,5-7,9,17H2,(H,18,20). The fourth-order valence-corrected chi connectivity index (χ4v) is 1.27. The average Bonchev–Trinajstić information content (AvgIpc) is 2.44. The fourth-order valence-electron chi connectivity index (χ4n) is 1.27. The summed E-state index contributed by atoms with van der Waals surface area (Å²) >= 11 is 0. The summed E-state index contributed by atoms with van der Waals surface area (Å²) < 4.78 is 39.7. The highest BCUT2D eigenvalue weighted by Gasteiger charge is 2.27. The molecular weight excluding hydrogens is 287 g/mol. The van der Waals surface area contributed by atoms with Crippen molar-refractivity contribution in [1.82, 2.24) is 10.3 Å². The van der Waals surface area contributed by atoms with E-state index in [1.165, 1.54) is 12.3 Å². The number of nitrogens with one attached hydrogen (secondary N) is 1. The third-order valence-corrected chi connectivity index (χ3v) is 2.13. The van der Waals surface area contributed by atoms with E-state index in [0.717, 1.165) is 0 Å². The molecule has 0 fully saturated rings. The monoisotopic (exact) mass is 301 g/mol. The summed E-state index contributed by atoms with van der Waals surface area (Å²) in [5.74, 6) is 4.89. The molecule has 0 radical (unpaired) electrons. The Hall–Kier alpha value is -2.11. The number of ether oxygens (including phenoxy) is 1. The molecule has 1 rings (SSSR count). The first-order chi connectivity index (χ1) is 9.92. The van der Waals surface area contributed by atoms with Crippen LogP contribution in [0.25, 0.3) is 0 Å². The maximum atomic E-state index is 11.8. The van der Waals surface area contributed by atoms with Crippen LogP contribution in [0.15, 0.2) is 18.3 Å². The number of carbonyl (C=O) groups is 1. The van der Waals surface area contributed by atoms with Gasteiger partial charge in [0.05, 0.1) is 13.2 Å². The second-order valence-electron chi connectivity index (χ2n) is 3.86. The first-order valence-electron chi connectivity index (χ1n) is 6.00. The van der Waals surface area contributed by atoms with Gasteiger partial charge in [0, 0.05) is 18.3 Å². The molecule has 0 aliphatic heterocycles. The van der Waals surface area contributed by atoms with E-state index in [0.29, 0.717) is 5.56 Å². The molecule has 1 aromatic heterocycles. The SMILES string of the molecule is NCC#Cc1ccc(C(=O)NCCOCC(F)(F)F)nc1. The van der Waals surface area contributed by atoms with Crippen molar-refractivity contribution in [3.05, 3.63) is 29.6 Å². The van der Waals surface area contributed by atoms with Gasteiger partial charge in [-0.25, -0.2) is 4.98 Å². The van der Waals surface area contributed by atoms with Gasteiger partial charge in [0.1, 0.15) is 12.3 Å². The Kier molecular flexibility index (Phi) is 6.65. The lowest BCUT2D eigenvalue weighted by molar-refractivity contribution is -0.173. The Balaban J connectivity index is 2.35. The molecule has 0 aliphatic carbocycles. The predicted molar refractivity (Wildman–Crippen MR) is 69.4 cm³/mol. The number of aromatic nitrogens is 1. The third-order valence-electron chi connectivity index (χ3n) is 2.13. The molecule has 21 heavy (non-hydrogen) atoms. The smallest absolute Gasteiger partial charge is 0.370 e. The molecule has 0 aromatic carbocycles. The van der Waals surface area contributed by atoms with E-state index in [1.807, 2.05) is 0 Å². The van der Waals surface area contributed by atoms with Gasteiger partial charge in [-0.05, 0) is 12.1 Å². The number of alkyl halides is 3. The molecule has 1 aromatic rings. The van der Waals surface area contributed by atoms with Gasteiger partial charge in [-0.15, -0.1) is 0 Å². The number of amides is 1. The second-order valence-corrected chi connectivity index (χ2v) is 3.86. The van der Waals surface area contributed by atoms with Crippen LogP contribution in [0.3, 0.4) is 0 Å². The molecule has 0 saturated carbocycles. The maximum absolute atomic E-state index is 11.8. The van der Waals surface area contributed by atoms with Crippen molar-refractivity contribution in [2.45, 2.75) is 6.18 Å². The summed E-state index contributed by atoms with van der Waals surface area (Å²) in [5, 5.41) is 2.40. The highest BCUT2D eigenvalue weighted by atomic mass is 19.4. The molecule has 0 unspecified atom stereocenters. The van der Waals surface area contributed by atoms with Crippen LogP contribution < -0.4 is 11.1 Å². The highest BCUT2D eigenvalue weighted by Crippen LogP contribution is 2.13. The van der Waals surface area contributed by atoms with Gasteiger partial charge in [-0.1, -0.05) is 11.8 Å². The van der Waals surface area contributed by atoms with Crippen molar-refractivity contribution in [1.29, 1.82) is 0 Å². The van der Waals surface area contributed by atoms with Crippen LogP contribution in [0, 0.1) is 11.8 Å². The van der Waals surface area contributed by atoms with E-state index >= 15 is 0 Å². The summed E-state index contributed by atoms with van der Waals surface area (Å²) in [6.07, 6.45) is -2.95. The van der Waals surface area contributed by atoms with E-state index in [-0.39, 0.29) is 25.4 Å². The van der Waals surface area contributed by atoms with Gasteiger partial charge < -0.3 is 15.8 Å². The van der Waals surface area contributed by atoms with Gasteiger partial charge in [-0.2, -0.15) is 13.2 Å². The number of pyridine rings is 1.